The summed E-state index contributed by atoms with van der Waals surface area (Å²) >= 11 is 0. The summed E-state index contributed by atoms with van der Waals surface area (Å²) < 4.78 is 0. The van der Waals surface area contributed by atoms with Crippen LogP contribution in [0.25, 0.3) is 28.3 Å². The first kappa shape index (κ1) is 34.0. The van der Waals surface area contributed by atoms with Crippen LogP contribution in [0, 0.1) is 0 Å². The molecule has 2 aliphatic carbocycles. The standard InChI is InChI=1S/C56H44/c1-39-34-51-47(44-22-11-4-12-23-44)28-17-29-50(51)54(39)56(45-24-13-5-14-25-45,46-26-15-6-16-27-46)55-52-37-42(35-40-18-7-2-8-19-40)30-32-48(52)49-33-31-43(38-53(49)55)36-41-20-9-3-10-21-41/h2-34,37-38,54-55H,35-36H2,1H3. The molecular weight excluding hydrogens is 673 g/mol. The van der Waals surface area contributed by atoms with Gasteiger partial charge in [0.2, 0.25) is 0 Å². The van der Waals surface area contributed by atoms with Crippen molar-refractivity contribution in [1.29, 1.82) is 0 Å². The average molecular weight is 717 g/mol. The van der Waals surface area contributed by atoms with Crippen LogP contribution in [-0.4, -0.2) is 0 Å². The largest absolute Gasteiger partial charge is 0.0639 e. The lowest BCUT2D eigenvalue weighted by Gasteiger charge is -2.47. The van der Waals surface area contributed by atoms with Gasteiger partial charge in [0.05, 0.1) is 0 Å². The van der Waals surface area contributed by atoms with E-state index in [1.54, 1.807) is 0 Å². The lowest BCUT2D eigenvalue weighted by molar-refractivity contribution is 0.405. The molecule has 0 fully saturated rings. The maximum Gasteiger partial charge on any atom is 0.0418 e. The van der Waals surface area contributed by atoms with Crippen LogP contribution in [0.2, 0.25) is 0 Å². The Kier molecular flexibility index (Phi) is 8.68. The van der Waals surface area contributed by atoms with E-state index in [9.17, 15) is 0 Å². The molecule has 10 rings (SSSR count). The second-order valence-corrected chi connectivity index (χ2v) is 15.7. The number of benzene rings is 8. The Morgan fingerprint density at radius 2 is 0.839 bits per heavy atom. The van der Waals surface area contributed by atoms with Crippen molar-refractivity contribution in [3.63, 3.8) is 0 Å². The molecule has 0 heterocycles. The van der Waals surface area contributed by atoms with Crippen molar-refractivity contribution in [2.75, 3.05) is 0 Å². The zero-order valence-electron chi connectivity index (χ0n) is 31.8. The highest BCUT2D eigenvalue weighted by Gasteiger charge is 2.55. The fraction of sp³-hybridized carbons (Fsp3) is 0.107. The molecule has 0 heteroatoms. The van der Waals surface area contributed by atoms with Gasteiger partial charge in [-0.3, -0.25) is 0 Å². The monoisotopic (exact) mass is 716 g/mol. The zero-order valence-corrected chi connectivity index (χ0v) is 31.8. The quantitative estimate of drug-likeness (QED) is 0.140. The number of allylic oxidation sites excluding steroid dienone is 1. The molecule has 0 bridgehead atoms. The highest BCUT2D eigenvalue weighted by molar-refractivity contribution is 5.86. The van der Waals surface area contributed by atoms with E-state index < -0.39 is 5.41 Å². The molecule has 0 N–H and O–H groups in total. The predicted molar refractivity (Wildman–Crippen MR) is 234 cm³/mol. The van der Waals surface area contributed by atoms with Crippen LogP contribution in [0.5, 0.6) is 0 Å². The lowest BCUT2D eigenvalue weighted by atomic mass is 9.54. The van der Waals surface area contributed by atoms with E-state index in [0.29, 0.717) is 0 Å². The van der Waals surface area contributed by atoms with Gasteiger partial charge in [0.15, 0.2) is 0 Å². The first-order valence-corrected chi connectivity index (χ1v) is 20.0. The van der Waals surface area contributed by atoms with Gasteiger partial charge < -0.3 is 0 Å². The van der Waals surface area contributed by atoms with Crippen molar-refractivity contribution in [2.24, 2.45) is 0 Å². The summed E-state index contributed by atoms with van der Waals surface area (Å²) in [4.78, 5) is 0. The smallest absolute Gasteiger partial charge is 0.0418 e. The molecule has 0 radical (unpaired) electrons. The van der Waals surface area contributed by atoms with Gasteiger partial charge in [-0.25, -0.2) is 0 Å². The minimum Gasteiger partial charge on any atom is -0.0639 e. The third kappa shape index (κ3) is 5.76. The van der Waals surface area contributed by atoms with Crippen LogP contribution >= 0.6 is 0 Å². The van der Waals surface area contributed by atoms with Gasteiger partial charge in [0.1, 0.15) is 0 Å². The normalized spacial score (nSPS) is 14.5. The van der Waals surface area contributed by atoms with E-state index in [1.165, 1.54) is 83.5 Å². The molecule has 0 amide bonds. The third-order valence-electron chi connectivity index (χ3n) is 12.4. The molecule has 0 saturated carbocycles. The predicted octanol–water partition coefficient (Wildman–Crippen LogP) is 13.8. The van der Waals surface area contributed by atoms with Crippen molar-refractivity contribution in [3.05, 3.63) is 267 Å². The molecule has 268 valence electrons. The maximum absolute atomic E-state index is 2.56. The fourth-order valence-electron chi connectivity index (χ4n) is 10.2. The van der Waals surface area contributed by atoms with Crippen LogP contribution in [0.15, 0.2) is 212 Å². The minimum atomic E-state index is -0.486. The SMILES string of the molecule is CC1=Cc2c(-c3ccccc3)cccc2C1C(c1ccccc1)(c1ccccc1)C1c2cc(Cc3ccccc3)ccc2-c2ccc(Cc3ccccc3)cc21. The first-order chi connectivity index (χ1) is 27.7. The molecule has 0 spiro atoms. The van der Waals surface area contributed by atoms with Crippen LogP contribution in [0.1, 0.15) is 74.4 Å². The number of rotatable bonds is 9. The highest BCUT2D eigenvalue weighted by Crippen LogP contribution is 2.65. The summed E-state index contributed by atoms with van der Waals surface area (Å²) in [6.45, 7) is 2.38. The van der Waals surface area contributed by atoms with Crippen molar-refractivity contribution >= 4 is 6.08 Å². The van der Waals surface area contributed by atoms with Crippen LogP contribution in [0.4, 0.5) is 0 Å². The van der Waals surface area contributed by atoms with Gasteiger partial charge in [0.25, 0.3) is 0 Å². The average Bonchev–Trinajstić information content (AvgIpc) is 3.77. The van der Waals surface area contributed by atoms with Crippen LogP contribution < -0.4 is 0 Å². The van der Waals surface area contributed by atoms with Gasteiger partial charge in [-0.2, -0.15) is 0 Å². The van der Waals surface area contributed by atoms with Gasteiger partial charge in [-0.05, 0) is 97.7 Å². The molecule has 0 aliphatic heterocycles. The number of hydrogen-bond acceptors (Lipinski definition) is 0. The molecule has 0 saturated heterocycles. The molecule has 1 atom stereocenters. The summed E-state index contributed by atoms with van der Waals surface area (Å²) in [5.74, 6) is 0.105. The Morgan fingerprint density at radius 1 is 0.375 bits per heavy atom. The first-order valence-electron chi connectivity index (χ1n) is 20.0. The van der Waals surface area contributed by atoms with E-state index in [0.717, 1.165) is 12.8 Å². The molecule has 8 aromatic carbocycles. The Labute approximate surface area is 331 Å². The summed E-state index contributed by atoms with van der Waals surface area (Å²) in [6.07, 6.45) is 4.29. The van der Waals surface area contributed by atoms with E-state index in [2.05, 4.69) is 219 Å². The summed E-state index contributed by atoms with van der Waals surface area (Å²) in [7, 11) is 0. The van der Waals surface area contributed by atoms with E-state index >= 15 is 0 Å². The zero-order chi connectivity index (χ0) is 37.5. The Bertz CT molecular complexity index is 2540. The van der Waals surface area contributed by atoms with Crippen molar-refractivity contribution < 1.29 is 0 Å². The van der Waals surface area contributed by atoms with E-state index in [4.69, 9.17) is 0 Å². The number of fused-ring (bicyclic) bond motifs is 4. The molecule has 0 aromatic heterocycles. The maximum atomic E-state index is 2.56. The molecule has 1 unspecified atom stereocenters. The number of hydrogen-bond donors (Lipinski definition) is 0. The summed E-state index contributed by atoms with van der Waals surface area (Å²) in [5, 5.41) is 0. The Hall–Kier alpha value is -6.50. The Balaban J connectivity index is 1.27. The molecule has 2 aliphatic rings. The highest BCUT2D eigenvalue weighted by atomic mass is 14.6. The second-order valence-electron chi connectivity index (χ2n) is 15.7. The lowest BCUT2D eigenvalue weighted by Crippen LogP contribution is -2.41. The van der Waals surface area contributed by atoms with Crippen LogP contribution in [0.3, 0.4) is 0 Å². The van der Waals surface area contributed by atoms with Crippen LogP contribution in [-0.2, 0) is 18.3 Å². The van der Waals surface area contributed by atoms with E-state index in [-0.39, 0.29) is 11.8 Å². The molecule has 8 aromatic rings. The minimum absolute atomic E-state index is 0.0310. The molecular formula is C56H44. The second kappa shape index (κ2) is 14.3. The van der Waals surface area contributed by atoms with Crippen molar-refractivity contribution in [1.82, 2.24) is 0 Å². The molecule has 56 heavy (non-hydrogen) atoms. The topological polar surface area (TPSA) is 0 Å². The van der Waals surface area contributed by atoms with Gasteiger partial charge >= 0.3 is 0 Å². The van der Waals surface area contributed by atoms with Gasteiger partial charge in [-0.15, -0.1) is 0 Å². The van der Waals surface area contributed by atoms with Crippen molar-refractivity contribution in [3.8, 4) is 22.3 Å². The van der Waals surface area contributed by atoms with E-state index in [1.807, 2.05) is 0 Å². The summed E-state index contributed by atoms with van der Waals surface area (Å²) in [6, 6.07) is 77.4. The molecule has 0 nitrogen and oxygen atoms in total. The van der Waals surface area contributed by atoms with Gasteiger partial charge in [0, 0.05) is 17.3 Å². The third-order valence-corrected chi connectivity index (χ3v) is 12.4. The fourth-order valence-corrected chi connectivity index (χ4v) is 10.2. The Morgan fingerprint density at radius 3 is 1.34 bits per heavy atom. The van der Waals surface area contributed by atoms with Gasteiger partial charge in [-0.1, -0.05) is 218 Å². The van der Waals surface area contributed by atoms with Crippen molar-refractivity contribution in [2.45, 2.75) is 37.0 Å². The summed E-state index contributed by atoms with van der Waals surface area (Å²) in [5.41, 5.74) is 19.8.